The summed E-state index contributed by atoms with van der Waals surface area (Å²) in [7, 11) is 0. The van der Waals surface area contributed by atoms with E-state index in [0.717, 1.165) is 47.2 Å². The third-order valence-electron chi connectivity index (χ3n) is 6.09. The highest BCUT2D eigenvalue weighted by atomic mass is 19.1. The Balaban J connectivity index is 1.38. The largest absolute Gasteiger partial charge is 0.384 e. The molecule has 32 heavy (non-hydrogen) atoms. The van der Waals surface area contributed by atoms with Gasteiger partial charge in [-0.2, -0.15) is 0 Å². The van der Waals surface area contributed by atoms with Crippen molar-refractivity contribution < 1.29 is 14.0 Å². The number of pyridine rings is 1. The van der Waals surface area contributed by atoms with Crippen molar-refractivity contribution in [3.05, 3.63) is 64.6 Å². The minimum absolute atomic E-state index is 0.134. The lowest BCUT2D eigenvalue weighted by Crippen LogP contribution is -2.52. The van der Waals surface area contributed by atoms with Gasteiger partial charge in [0.25, 0.3) is 0 Å². The van der Waals surface area contributed by atoms with Crippen LogP contribution in [0.1, 0.15) is 48.2 Å². The Morgan fingerprint density at radius 3 is 2.84 bits per heavy atom. The average molecular weight is 438 g/mol. The molecule has 1 aromatic heterocycles. The molecule has 8 heteroatoms. The molecule has 2 amide bonds. The van der Waals surface area contributed by atoms with Gasteiger partial charge >= 0.3 is 0 Å². The standard InChI is InChI=1S/C24H28FN5O2/c1-13-11-16(25)3-4-17(13)15-9-10-27-21(12-15)24(32)28-14(2)23(31)30-20-7-6-19-18(20)5-8-22(26)29-19/h3-5,8,11-12,14,20-21,27H,6-7,9-10H2,1-2H3,(H2,26,29)(H,28,32)(H,30,31)/t14-,20+,21+/m0/s1. The summed E-state index contributed by atoms with van der Waals surface area (Å²) in [5, 5.41) is 8.97. The van der Waals surface area contributed by atoms with Gasteiger partial charge in [0.05, 0.1) is 6.04 Å². The Morgan fingerprint density at radius 1 is 1.25 bits per heavy atom. The minimum atomic E-state index is -0.693. The fourth-order valence-corrected chi connectivity index (χ4v) is 4.38. The van der Waals surface area contributed by atoms with E-state index in [1.807, 2.05) is 19.1 Å². The van der Waals surface area contributed by atoms with E-state index in [-0.39, 0.29) is 23.7 Å². The number of nitrogens with two attached hydrogens (primary N) is 1. The van der Waals surface area contributed by atoms with E-state index in [9.17, 15) is 14.0 Å². The highest BCUT2D eigenvalue weighted by Crippen LogP contribution is 2.30. The number of anilines is 1. The number of hydrogen-bond donors (Lipinski definition) is 4. The molecular weight excluding hydrogens is 409 g/mol. The fraction of sp³-hybridized carbons (Fsp3) is 0.375. The second kappa shape index (κ2) is 9.08. The molecule has 0 saturated carbocycles. The summed E-state index contributed by atoms with van der Waals surface area (Å²) in [6, 6.07) is 6.91. The molecule has 168 valence electrons. The molecular formula is C24H28FN5O2. The van der Waals surface area contributed by atoms with Gasteiger partial charge in [-0.05, 0) is 73.6 Å². The van der Waals surface area contributed by atoms with Gasteiger partial charge in [0.15, 0.2) is 0 Å². The molecule has 0 unspecified atom stereocenters. The molecule has 4 rings (SSSR count). The molecule has 3 atom stereocenters. The Morgan fingerprint density at radius 2 is 2.06 bits per heavy atom. The number of nitrogens with zero attached hydrogens (tertiary/aromatic N) is 1. The van der Waals surface area contributed by atoms with Crippen LogP contribution < -0.4 is 21.7 Å². The first kappa shape index (κ1) is 22.0. The van der Waals surface area contributed by atoms with Crippen LogP contribution in [0.25, 0.3) is 5.57 Å². The Bertz CT molecular complexity index is 1080. The molecule has 1 aliphatic carbocycles. The fourth-order valence-electron chi connectivity index (χ4n) is 4.38. The van der Waals surface area contributed by atoms with E-state index >= 15 is 0 Å². The van der Waals surface area contributed by atoms with Gasteiger partial charge in [0, 0.05) is 12.2 Å². The average Bonchev–Trinajstić information content (AvgIpc) is 3.15. The van der Waals surface area contributed by atoms with Crippen LogP contribution >= 0.6 is 0 Å². The van der Waals surface area contributed by atoms with Crippen molar-refractivity contribution >= 4 is 23.2 Å². The van der Waals surface area contributed by atoms with Crippen molar-refractivity contribution in [3.8, 4) is 0 Å². The first-order valence-corrected chi connectivity index (χ1v) is 10.9. The van der Waals surface area contributed by atoms with Gasteiger partial charge < -0.3 is 21.7 Å². The zero-order valence-corrected chi connectivity index (χ0v) is 18.2. The van der Waals surface area contributed by atoms with Crippen LogP contribution in [-0.2, 0) is 16.0 Å². The number of fused-ring (bicyclic) bond motifs is 1. The number of rotatable bonds is 5. The van der Waals surface area contributed by atoms with Crippen LogP contribution in [0.4, 0.5) is 10.2 Å². The number of nitrogens with one attached hydrogen (secondary N) is 3. The van der Waals surface area contributed by atoms with E-state index in [2.05, 4.69) is 20.9 Å². The number of aromatic nitrogens is 1. The highest BCUT2D eigenvalue weighted by molar-refractivity contribution is 5.92. The maximum atomic E-state index is 13.4. The van der Waals surface area contributed by atoms with E-state index in [1.54, 1.807) is 19.1 Å². The molecule has 2 aromatic rings. The van der Waals surface area contributed by atoms with Crippen LogP contribution in [0.3, 0.4) is 0 Å². The summed E-state index contributed by atoms with van der Waals surface area (Å²) in [4.78, 5) is 29.9. The topological polar surface area (TPSA) is 109 Å². The molecule has 0 spiro atoms. The van der Waals surface area contributed by atoms with E-state index < -0.39 is 12.1 Å². The first-order valence-electron chi connectivity index (χ1n) is 10.9. The lowest BCUT2D eigenvalue weighted by Gasteiger charge is -2.25. The van der Waals surface area contributed by atoms with Gasteiger partial charge in [0.2, 0.25) is 11.8 Å². The SMILES string of the molecule is Cc1cc(F)ccc1C1=C[C@H](C(=O)N[C@@H](C)C(=O)N[C@@H]2CCc3nc(N)ccc32)NCC1. The van der Waals surface area contributed by atoms with Crippen molar-refractivity contribution in [1.82, 2.24) is 20.9 Å². The highest BCUT2D eigenvalue weighted by Gasteiger charge is 2.29. The summed E-state index contributed by atoms with van der Waals surface area (Å²) < 4.78 is 13.4. The first-order chi connectivity index (χ1) is 15.3. The molecule has 0 radical (unpaired) electrons. The molecule has 0 fully saturated rings. The van der Waals surface area contributed by atoms with Crippen molar-refractivity contribution in [2.75, 3.05) is 12.3 Å². The minimum Gasteiger partial charge on any atom is -0.384 e. The molecule has 5 N–H and O–H groups in total. The lowest BCUT2D eigenvalue weighted by molar-refractivity contribution is -0.129. The van der Waals surface area contributed by atoms with Gasteiger partial charge in [-0.25, -0.2) is 9.37 Å². The number of nitrogen functional groups attached to an aromatic ring is 1. The second-order valence-electron chi connectivity index (χ2n) is 8.44. The molecule has 1 aromatic carbocycles. The molecule has 0 saturated heterocycles. The molecule has 7 nitrogen and oxygen atoms in total. The molecule has 2 heterocycles. The van der Waals surface area contributed by atoms with Crippen LogP contribution in [0.5, 0.6) is 0 Å². The monoisotopic (exact) mass is 437 g/mol. The normalized spacial score (nSPS) is 20.8. The number of amides is 2. The summed E-state index contributed by atoms with van der Waals surface area (Å²) >= 11 is 0. The van der Waals surface area contributed by atoms with Gasteiger partial charge in [-0.15, -0.1) is 0 Å². The summed E-state index contributed by atoms with van der Waals surface area (Å²) in [6.45, 7) is 4.14. The van der Waals surface area contributed by atoms with Gasteiger partial charge in [-0.3, -0.25) is 9.59 Å². The Labute approximate surface area is 186 Å². The van der Waals surface area contributed by atoms with Crippen LogP contribution in [0, 0.1) is 12.7 Å². The number of halogens is 1. The third-order valence-corrected chi connectivity index (χ3v) is 6.09. The van der Waals surface area contributed by atoms with Crippen molar-refractivity contribution in [1.29, 1.82) is 0 Å². The summed E-state index contributed by atoms with van der Waals surface area (Å²) in [5.41, 5.74) is 10.4. The predicted molar refractivity (Wildman–Crippen MR) is 121 cm³/mol. The maximum absolute atomic E-state index is 13.4. The molecule has 1 aliphatic heterocycles. The quantitative estimate of drug-likeness (QED) is 0.573. The third kappa shape index (κ3) is 4.65. The van der Waals surface area contributed by atoms with Crippen molar-refractivity contribution in [2.45, 2.75) is 51.2 Å². The number of carbonyl (C=O) groups is 2. The zero-order valence-electron chi connectivity index (χ0n) is 18.2. The maximum Gasteiger partial charge on any atom is 0.242 e. The van der Waals surface area contributed by atoms with Crippen LogP contribution in [0.2, 0.25) is 0 Å². The Hall–Kier alpha value is -3.26. The van der Waals surface area contributed by atoms with E-state index in [0.29, 0.717) is 12.4 Å². The number of benzene rings is 1. The molecule has 2 aliphatic rings. The van der Waals surface area contributed by atoms with Gasteiger partial charge in [0.1, 0.15) is 23.7 Å². The van der Waals surface area contributed by atoms with Gasteiger partial charge in [-0.1, -0.05) is 18.2 Å². The van der Waals surface area contributed by atoms with E-state index in [1.165, 1.54) is 12.1 Å². The molecule has 0 bridgehead atoms. The number of carbonyl (C=O) groups excluding carboxylic acids is 2. The zero-order chi connectivity index (χ0) is 22.8. The smallest absolute Gasteiger partial charge is 0.242 e. The second-order valence-corrected chi connectivity index (χ2v) is 8.44. The van der Waals surface area contributed by atoms with Crippen LogP contribution in [-0.4, -0.2) is 35.4 Å². The lowest BCUT2D eigenvalue weighted by atomic mass is 9.93. The predicted octanol–water partition coefficient (Wildman–Crippen LogP) is 2.17. The van der Waals surface area contributed by atoms with Crippen LogP contribution in [0.15, 0.2) is 36.4 Å². The summed E-state index contributed by atoms with van der Waals surface area (Å²) in [6.07, 6.45) is 4.11. The number of hydrogen-bond acceptors (Lipinski definition) is 5. The van der Waals surface area contributed by atoms with Crippen molar-refractivity contribution in [3.63, 3.8) is 0 Å². The van der Waals surface area contributed by atoms with E-state index in [4.69, 9.17) is 5.73 Å². The Kier molecular flexibility index (Phi) is 6.23. The number of aryl methyl sites for hydroxylation is 2. The summed E-state index contributed by atoms with van der Waals surface area (Å²) in [5.74, 6) is -0.327. The van der Waals surface area contributed by atoms with Crippen molar-refractivity contribution in [2.24, 2.45) is 0 Å².